The molecule has 0 aliphatic heterocycles. The van der Waals surface area contributed by atoms with E-state index in [0.29, 0.717) is 30.0 Å². The molecule has 9 nitrogen and oxygen atoms in total. The summed E-state index contributed by atoms with van der Waals surface area (Å²) in [5.74, 6) is 2.35. The van der Waals surface area contributed by atoms with Gasteiger partial charge in [-0.05, 0) is 55.0 Å². The van der Waals surface area contributed by atoms with E-state index in [1.807, 2.05) is 85.8 Å². The minimum absolute atomic E-state index is 0.279. The Hall–Kier alpha value is -4.66. The third kappa shape index (κ3) is 6.19. The topological polar surface area (TPSA) is 106 Å². The number of nitrogens with one attached hydrogen (secondary N) is 3. The Labute approximate surface area is 197 Å². The molecule has 34 heavy (non-hydrogen) atoms. The highest BCUT2D eigenvalue weighted by Gasteiger charge is 2.08. The second kappa shape index (κ2) is 11.3. The maximum Gasteiger partial charge on any atom is 0.250 e. The Morgan fingerprint density at radius 3 is 1.91 bits per heavy atom. The SMILES string of the molecule is CCOc1cc(/C=N/Nc2nc(Nc3ccccc3)nc(Nc3ccccc3)n2)ccc1OC. The average molecular weight is 456 g/mol. The lowest BCUT2D eigenvalue weighted by Gasteiger charge is -2.10. The van der Waals surface area contributed by atoms with Crippen LogP contribution >= 0.6 is 0 Å². The molecule has 4 rings (SSSR count). The van der Waals surface area contributed by atoms with Gasteiger partial charge in [-0.15, -0.1) is 0 Å². The molecule has 0 aliphatic rings. The molecule has 0 bridgehead atoms. The van der Waals surface area contributed by atoms with Gasteiger partial charge in [-0.3, -0.25) is 0 Å². The normalized spacial score (nSPS) is 10.6. The zero-order valence-corrected chi connectivity index (χ0v) is 18.9. The fraction of sp³-hybridized carbons (Fsp3) is 0.120. The van der Waals surface area contributed by atoms with E-state index in [1.165, 1.54) is 0 Å². The monoisotopic (exact) mass is 455 g/mol. The largest absolute Gasteiger partial charge is 0.493 e. The second-order valence-electron chi connectivity index (χ2n) is 7.00. The molecule has 0 fully saturated rings. The summed E-state index contributed by atoms with van der Waals surface area (Å²) >= 11 is 0. The van der Waals surface area contributed by atoms with Crippen LogP contribution in [0.5, 0.6) is 11.5 Å². The first-order chi connectivity index (χ1) is 16.7. The first kappa shape index (κ1) is 22.5. The van der Waals surface area contributed by atoms with Gasteiger partial charge in [0.2, 0.25) is 17.8 Å². The Morgan fingerprint density at radius 2 is 1.35 bits per heavy atom. The van der Waals surface area contributed by atoms with Gasteiger partial charge in [0.15, 0.2) is 11.5 Å². The second-order valence-corrected chi connectivity index (χ2v) is 7.00. The predicted molar refractivity (Wildman–Crippen MR) is 135 cm³/mol. The standard InChI is InChI=1S/C25H25N7O2/c1-3-34-22-16-18(14-15-21(22)33-2)17-26-32-25-30-23(27-19-10-6-4-7-11-19)29-24(31-25)28-20-12-8-5-9-13-20/h4-17H,3H2,1-2H3,(H3,27,28,29,30,31,32)/b26-17+. The van der Waals surface area contributed by atoms with Crippen molar-refractivity contribution >= 4 is 35.4 Å². The molecule has 0 saturated carbocycles. The van der Waals surface area contributed by atoms with Crippen molar-refractivity contribution in [1.82, 2.24) is 15.0 Å². The maximum atomic E-state index is 5.62. The van der Waals surface area contributed by atoms with Crippen molar-refractivity contribution < 1.29 is 9.47 Å². The number of rotatable bonds is 10. The summed E-state index contributed by atoms with van der Waals surface area (Å²) < 4.78 is 10.9. The van der Waals surface area contributed by atoms with Crippen LogP contribution in [0.4, 0.5) is 29.2 Å². The summed E-state index contributed by atoms with van der Waals surface area (Å²) in [6, 6.07) is 24.9. The van der Waals surface area contributed by atoms with Crippen LogP contribution in [0.25, 0.3) is 0 Å². The number of ether oxygens (including phenoxy) is 2. The van der Waals surface area contributed by atoms with Gasteiger partial charge < -0.3 is 20.1 Å². The number of anilines is 5. The van der Waals surface area contributed by atoms with Crippen LogP contribution in [-0.2, 0) is 0 Å². The van der Waals surface area contributed by atoms with Gasteiger partial charge in [-0.1, -0.05) is 36.4 Å². The van der Waals surface area contributed by atoms with Crippen molar-refractivity contribution in [2.24, 2.45) is 5.10 Å². The molecule has 1 aromatic heterocycles. The summed E-state index contributed by atoms with van der Waals surface area (Å²) in [6.45, 7) is 2.46. The molecule has 0 saturated heterocycles. The van der Waals surface area contributed by atoms with E-state index in [4.69, 9.17) is 9.47 Å². The Balaban J connectivity index is 1.55. The minimum atomic E-state index is 0.279. The number of nitrogens with zero attached hydrogens (tertiary/aromatic N) is 4. The van der Waals surface area contributed by atoms with Crippen molar-refractivity contribution in [3.05, 3.63) is 84.4 Å². The molecule has 9 heteroatoms. The number of para-hydroxylation sites is 2. The number of hydrogen-bond acceptors (Lipinski definition) is 9. The first-order valence-corrected chi connectivity index (χ1v) is 10.7. The highest BCUT2D eigenvalue weighted by Crippen LogP contribution is 2.27. The van der Waals surface area contributed by atoms with Gasteiger partial charge in [0.05, 0.1) is 19.9 Å². The van der Waals surface area contributed by atoms with Gasteiger partial charge in [0.1, 0.15) is 0 Å². The highest BCUT2D eigenvalue weighted by molar-refractivity contribution is 5.81. The minimum Gasteiger partial charge on any atom is -0.493 e. The lowest BCUT2D eigenvalue weighted by Crippen LogP contribution is -2.07. The average Bonchev–Trinajstić information content (AvgIpc) is 2.86. The summed E-state index contributed by atoms with van der Waals surface area (Å²) in [5, 5.41) is 10.7. The lowest BCUT2D eigenvalue weighted by atomic mass is 10.2. The van der Waals surface area contributed by atoms with E-state index in [-0.39, 0.29) is 5.95 Å². The quantitative estimate of drug-likeness (QED) is 0.221. The zero-order valence-electron chi connectivity index (χ0n) is 18.9. The van der Waals surface area contributed by atoms with Crippen LogP contribution in [0, 0.1) is 0 Å². The Morgan fingerprint density at radius 1 is 0.765 bits per heavy atom. The Kier molecular flexibility index (Phi) is 7.47. The zero-order chi connectivity index (χ0) is 23.6. The molecule has 0 aliphatic carbocycles. The fourth-order valence-corrected chi connectivity index (χ4v) is 3.05. The summed E-state index contributed by atoms with van der Waals surface area (Å²) in [6.07, 6.45) is 1.65. The van der Waals surface area contributed by atoms with Gasteiger partial charge in [-0.2, -0.15) is 20.1 Å². The first-order valence-electron chi connectivity index (χ1n) is 10.7. The van der Waals surface area contributed by atoms with Crippen LogP contribution in [0.1, 0.15) is 12.5 Å². The summed E-state index contributed by atoms with van der Waals surface area (Å²) in [5.41, 5.74) is 5.42. The van der Waals surface area contributed by atoms with Crippen LogP contribution in [-0.4, -0.2) is 34.9 Å². The van der Waals surface area contributed by atoms with Crippen LogP contribution in [0.3, 0.4) is 0 Å². The van der Waals surface area contributed by atoms with Crippen molar-refractivity contribution in [2.75, 3.05) is 29.8 Å². The molecule has 0 unspecified atom stereocenters. The van der Waals surface area contributed by atoms with Gasteiger partial charge >= 0.3 is 0 Å². The Bertz CT molecular complexity index is 1170. The molecule has 172 valence electrons. The maximum absolute atomic E-state index is 5.62. The fourth-order valence-electron chi connectivity index (χ4n) is 3.05. The van der Waals surface area contributed by atoms with E-state index >= 15 is 0 Å². The molecule has 0 radical (unpaired) electrons. The molecule has 0 atom stereocenters. The van der Waals surface area contributed by atoms with Crippen LogP contribution < -0.4 is 25.5 Å². The van der Waals surface area contributed by atoms with Gasteiger partial charge in [0, 0.05) is 11.4 Å². The highest BCUT2D eigenvalue weighted by atomic mass is 16.5. The smallest absolute Gasteiger partial charge is 0.250 e. The van der Waals surface area contributed by atoms with E-state index in [9.17, 15) is 0 Å². The molecule has 0 amide bonds. The van der Waals surface area contributed by atoms with E-state index < -0.39 is 0 Å². The van der Waals surface area contributed by atoms with Gasteiger partial charge in [-0.25, -0.2) is 5.43 Å². The summed E-state index contributed by atoms with van der Waals surface area (Å²) in [4.78, 5) is 13.3. The molecule has 1 heterocycles. The molecular weight excluding hydrogens is 430 g/mol. The van der Waals surface area contributed by atoms with Crippen molar-refractivity contribution in [2.45, 2.75) is 6.92 Å². The van der Waals surface area contributed by atoms with Crippen molar-refractivity contribution in [3.8, 4) is 11.5 Å². The van der Waals surface area contributed by atoms with E-state index in [0.717, 1.165) is 16.9 Å². The summed E-state index contributed by atoms with van der Waals surface area (Å²) in [7, 11) is 1.61. The number of methoxy groups -OCH3 is 1. The van der Waals surface area contributed by atoms with Crippen molar-refractivity contribution in [3.63, 3.8) is 0 Å². The molecule has 3 aromatic carbocycles. The van der Waals surface area contributed by atoms with Crippen LogP contribution in [0.2, 0.25) is 0 Å². The molecule has 0 spiro atoms. The number of benzene rings is 3. The van der Waals surface area contributed by atoms with Gasteiger partial charge in [0.25, 0.3) is 0 Å². The lowest BCUT2D eigenvalue weighted by molar-refractivity contribution is 0.311. The third-order valence-corrected chi connectivity index (χ3v) is 4.56. The molecular formula is C25H25N7O2. The van der Waals surface area contributed by atoms with E-state index in [1.54, 1.807) is 13.3 Å². The van der Waals surface area contributed by atoms with Crippen molar-refractivity contribution in [1.29, 1.82) is 0 Å². The van der Waals surface area contributed by atoms with E-state index in [2.05, 4.69) is 36.1 Å². The predicted octanol–water partition coefficient (Wildman–Crippen LogP) is 5.21. The van der Waals surface area contributed by atoms with Crippen LogP contribution in [0.15, 0.2) is 84.0 Å². The number of hydrogen-bond donors (Lipinski definition) is 3. The third-order valence-electron chi connectivity index (χ3n) is 4.56. The molecule has 3 N–H and O–H groups in total. The number of aromatic nitrogens is 3. The number of hydrazone groups is 1. The molecule has 4 aromatic rings.